The summed E-state index contributed by atoms with van der Waals surface area (Å²) in [6.07, 6.45) is 0.743. The first kappa shape index (κ1) is 18.6. The van der Waals surface area contributed by atoms with Crippen LogP contribution in [0.15, 0.2) is 60.7 Å². The van der Waals surface area contributed by atoms with Crippen molar-refractivity contribution in [2.75, 3.05) is 13.2 Å². The van der Waals surface area contributed by atoms with Crippen molar-refractivity contribution in [1.29, 1.82) is 0 Å². The summed E-state index contributed by atoms with van der Waals surface area (Å²) >= 11 is 0. The number of nitrogens with zero attached hydrogens (tertiary/aromatic N) is 1. The van der Waals surface area contributed by atoms with Gasteiger partial charge in [0.25, 0.3) is 5.91 Å². The zero-order valence-electron chi connectivity index (χ0n) is 15.0. The van der Waals surface area contributed by atoms with Gasteiger partial charge in [0.1, 0.15) is 11.6 Å². The minimum absolute atomic E-state index is 0.192. The molecule has 0 aliphatic heterocycles. The maximum absolute atomic E-state index is 13.3. The van der Waals surface area contributed by atoms with E-state index in [9.17, 15) is 14.0 Å². The summed E-state index contributed by atoms with van der Waals surface area (Å²) in [4.78, 5) is 25.6. The number of carbonyl (C=O) groups is 2. The third-order valence-corrected chi connectivity index (χ3v) is 4.40. The monoisotopic (exact) mass is 365 g/mol. The van der Waals surface area contributed by atoms with Gasteiger partial charge in [-0.05, 0) is 41.5 Å². The zero-order valence-corrected chi connectivity index (χ0v) is 15.0. The Bertz CT molecular complexity index is 971. The standard InChI is InChI=1S/C22H20FNO3/c1-2-24(13-16-6-5-8-18(23)12-16)22(26)15-27-21-11-10-17-7-3-4-9-19(17)20(21)14-25/h3-12,14H,2,13,15H2,1H3. The SMILES string of the molecule is CCN(Cc1cccc(F)c1)C(=O)COc1ccc2ccccc2c1C=O. The van der Waals surface area contributed by atoms with Gasteiger partial charge in [-0.3, -0.25) is 9.59 Å². The summed E-state index contributed by atoms with van der Waals surface area (Å²) in [7, 11) is 0. The van der Waals surface area contributed by atoms with E-state index in [2.05, 4.69) is 0 Å². The van der Waals surface area contributed by atoms with E-state index in [4.69, 9.17) is 4.74 Å². The predicted molar refractivity (Wildman–Crippen MR) is 102 cm³/mol. The number of carbonyl (C=O) groups excluding carboxylic acids is 2. The van der Waals surface area contributed by atoms with Crippen molar-refractivity contribution in [3.8, 4) is 5.75 Å². The van der Waals surface area contributed by atoms with Crippen molar-refractivity contribution in [2.45, 2.75) is 13.5 Å². The quantitative estimate of drug-likeness (QED) is 0.589. The molecule has 0 fully saturated rings. The van der Waals surface area contributed by atoms with Crippen LogP contribution in [0.2, 0.25) is 0 Å². The number of ether oxygens (including phenoxy) is 1. The maximum atomic E-state index is 13.3. The highest BCUT2D eigenvalue weighted by Gasteiger charge is 2.15. The fourth-order valence-electron chi connectivity index (χ4n) is 2.99. The van der Waals surface area contributed by atoms with Crippen LogP contribution >= 0.6 is 0 Å². The van der Waals surface area contributed by atoms with Gasteiger partial charge in [0.15, 0.2) is 12.9 Å². The summed E-state index contributed by atoms with van der Waals surface area (Å²) in [6.45, 7) is 2.43. The molecule has 4 nitrogen and oxygen atoms in total. The zero-order chi connectivity index (χ0) is 19.2. The normalized spacial score (nSPS) is 10.6. The number of rotatable bonds is 7. The van der Waals surface area contributed by atoms with Crippen molar-refractivity contribution in [1.82, 2.24) is 4.90 Å². The lowest BCUT2D eigenvalue weighted by Gasteiger charge is -2.21. The first-order chi connectivity index (χ1) is 13.1. The van der Waals surface area contributed by atoms with E-state index in [1.54, 1.807) is 23.1 Å². The molecule has 138 valence electrons. The number of halogens is 1. The topological polar surface area (TPSA) is 46.6 Å². The Labute approximate surface area is 157 Å². The fraction of sp³-hybridized carbons (Fsp3) is 0.182. The summed E-state index contributed by atoms with van der Waals surface area (Å²) in [6, 6.07) is 17.2. The minimum atomic E-state index is -0.334. The summed E-state index contributed by atoms with van der Waals surface area (Å²) in [5.74, 6) is -0.190. The van der Waals surface area contributed by atoms with E-state index in [0.29, 0.717) is 30.0 Å². The van der Waals surface area contributed by atoms with Gasteiger partial charge in [0.2, 0.25) is 0 Å². The van der Waals surface area contributed by atoms with Crippen LogP contribution < -0.4 is 4.74 Å². The predicted octanol–water partition coefficient (Wildman–Crippen LogP) is 4.22. The first-order valence-electron chi connectivity index (χ1n) is 8.74. The van der Waals surface area contributed by atoms with Crippen molar-refractivity contribution >= 4 is 23.0 Å². The molecule has 0 radical (unpaired) electrons. The molecule has 0 spiro atoms. The fourth-order valence-corrected chi connectivity index (χ4v) is 2.99. The number of hydrogen-bond donors (Lipinski definition) is 0. The second-order valence-electron chi connectivity index (χ2n) is 6.14. The van der Waals surface area contributed by atoms with Gasteiger partial charge >= 0.3 is 0 Å². The van der Waals surface area contributed by atoms with Gasteiger partial charge < -0.3 is 9.64 Å². The number of benzene rings is 3. The molecule has 0 bridgehead atoms. The van der Waals surface area contributed by atoms with Crippen LogP contribution in [0.4, 0.5) is 4.39 Å². The number of amides is 1. The smallest absolute Gasteiger partial charge is 0.260 e. The average Bonchev–Trinajstić information content (AvgIpc) is 2.69. The largest absolute Gasteiger partial charge is 0.483 e. The van der Waals surface area contributed by atoms with Gasteiger partial charge in [-0.15, -0.1) is 0 Å². The molecule has 3 aromatic carbocycles. The Morgan fingerprint density at radius 2 is 1.93 bits per heavy atom. The van der Waals surface area contributed by atoms with E-state index < -0.39 is 0 Å². The molecule has 3 aromatic rings. The van der Waals surface area contributed by atoms with Crippen LogP contribution in [0.25, 0.3) is 10.8 Å². The Morgan fingerprint density at radius 1 is 1.11 bits per heavy atom. The minimum Gasteiger partial charge on any atom is -0.483 e. The highest BCUT2D eigenvalue weighted by atomic mass is 19.1. The molecular formula is C22H20FNO3. The van der Waals surface area contributed by atoms with Crippen molar-refractivity contribution in [3.63, 3.8) is 0 Å². The van der Waals surface area contributed by atoms with Crippen molar-refractivity contribution in [2.24, 2.45) is 0 Å². The molecule has 0 atom stereocenters. The van der Waals surface area contributed by atoms with Crippen LogP contribution in [0.1, 0.15) is 22.8 Å². The second kappa shape index (κ2) is 8.45. The molecular weight excluding hydrogens is 345 g/mol. The number of aldehydes is 1. The Kier molecular flexibility index (Phi) is 5.81. The Hall–Kier alpha value is -3.21. The van der Waals surface area contributed by atoms with E-state index in [1.165, 1.54) is 12.1 Å². The van der Waals surface area contributed by atoms with Gasteiger partial charge in [-0.25, -0.2) is 4.39 Å². The van der Waals surface area contributed by atoms with Gasteiger partial charge in [0.05, 0.1) is 5.56 Å². The van der Waals surface area contributed by atoms with Crippen LogP contribution in [0.3, 0.4) is 0 Å². The first-order valence-corrected chi connectivity index (χ1v) is 8.74. The van der Waals surface area contributed by atoms with Crippen LogP contribution in [0, 0.1) is 5.82 Å². The molecule has 0 saturated heterocycles. The molecule has 0 aromatic heterocycles. The van der Waals surface area contributed by atoms with E-state index >= 15 is 0 Å². The lowest BCUT2D eigenvalue weighted by Crippen LogP contribution is -2.34. The molecule has 5 heteroatoms. The number of hydrogen-bond acceptors (Lipinski definition) is 3. The highest BCUT2D eigenvalue weighted by Crippen LogP contribution is 2.26. The molecule has 0 heterocycles. The summed E-state index contributed by atoms with van der Waals surface area (Å²) < 4.78 is 19.0. The van der Waals surface area contributed by atoms with Gasteiger partial charge in [-0.2, -0.15) is 0 Å². The summed E-state index contributed by atoms with van der Waals surface area (Å²) in [5, 5.41) is 1.71. The van der Waals surface area contributed by atoms with Crippen molar-refractivity contribution in [3.05, 3.63) is 77.6 Å². The Morgan fingerprint density at radius 3 is 2.67 bits per heavy atom. The molecule has 0 saturated carbocycles. The molecule has 3 rings (SSSR count). The average molecular weight is 365 g/mol. The molecule has 0 N–H and O–H groups in total. The molecule has 27 heavy (non-hydrogen) atoms. The lowest BCUT2D eigenvalue weighted by atomic mass is 10.0. The van der Waals surface area contributed by atoms with Crippen LogP contribution in [-0.2, 0) is 11.3 Å². The van der Waals surface area contributed by atoms with Crippen molar-refractivity contribution < 1.29 is 18.7 Å². The van der Waals surface area contributed by atoms with Gasteiger partial charge in [0, 0.05) is 13.1 Å². The van der Waals surface area contributed by atoms with Crippen LogP contribution in [0.5, 0.6) is 5.75 Å². The highest BCUT2D eigenvalue weighted by molar-refractivity contribution is 6.00. The molecule has 0 unspecified atom stereocenters. The molecule has 1 amide bonds. The lowest BCUT2D eigenvalue weighted by molar-refractivity contribution is -0.133. The van der Waals surface area contributed by atoms with E-state index in [-0.39, 0.29) is 18.3 Å². The summed E-state index contributed by atoms with van der Waals surface area (Å²) in [5.41, 5.74) is 1.14. The second-order valence-corrected chi connectivity index (χ2v) is 6.14. The number of fused-ring (bicyclic) bond motifs is 1. The number of likely N-dealkylation sites (N-methyl/N-ethyl adjacent to an activating group) is 1. The van der Waals surface area contributed by atoms with E-state index in [1.807, 2.05) is 37.3 Å². The Balaban J connectivity index is 1.72. The van der Waals surface area contributed by atoms with E-state index in [0.717, 1.165) is 17.1 Å². The molecule has 0 aliphatic carbocycles. The van der Waals surface area contributed by atoms with Gasteiger partial charge in [-0.1, -0.05) is 42.5 Å². The van der Waals surface area contributed by atoms with Crippen LogP contribution in [-0.4, -0.2) is 30.2 Å². The molecule has 0 aliphatic rings. The third kappa shape index (κ3) is 4.31. The third-order valence-electron chi connectivity index (χ3n) is 4.40. The maximum Gasteiger partial charge on any atom is 0.260 e.